The summed E-state index contributed by atoms with van der Waals surface area (Å²) in [7, 11) is -3.84. The lowest BCUT2D eigenvalue weighted by atomic mass is 10.2. The van der Waals surface area contributed by atoms with Crippen molar-refractivity contribution in [1.82, 2.24) is 4.98 Å². The van der Waals surface area contributed by atoms with E-state index in [1.807, 2.05) is 6.92 Å². The Bertz CT molecular complexity index is 1020. The smallest absolute Gasteiger partial charge is 0.408 e. The summed E-state index contributed by atoms with van der Waals surface area (Å²) in [5, 5.41) is 0.304. The van der Waals surface area contributed by atoms with E-state index in [-0.39, 0.29) is 16.2 Å². The number of halogens is 1. The molecule has 1 aromatic heterocycles. The molecular weight excluding hydrogens is 328 g/mol. The van der Waals surface area contributed by atoms with Gasteiger partial charge >= 0.3 is 5.76 Å². The fourth-order valence-electron chi connectivity index (χ4n) is 2.00. The zero-order valence-electron chi connectivity index (χ0n) is 11.4. The highest BCUT2D eigenvalue weighted by Gasteiger charge is 2.17. The maximum absolute atomic E-state index is 12.4. The highest BCUT2D eigenvalue weighted by molar-refractivity contribution is 7.92. The molecule has 0 amide bonds. The van der Waals surface area contributed by atoms with Crippen molar-refractivity contribution < 1.29 is 12.8 Å². The molecule has 8 heteroatoms. The van der Waals surface area contributed by atoms with Crippen molar-refractivity contribution in [3.8, 4) is 0 Å². The number of fused-ring (bicyclic) bond motifs is 1. The van der Waals surface area contributed by atoms with E-state index in [2.05, 4.69) is 9.71 Å². The first-order valence-corrected chi connectivity index (χ1v) is 8.13. The normalized spacial score (nSPS) is 11.7. The predicted octanol–water partition coefficient (Wildman–Crippen LogP) is 2.88. The summed E-state index contributed by atoms with van der Waals surface area (Å²) in [6, 6.07) is 9.11. The van der Waals surface area contributed by atoms with Crippen LogP contribution in [0.25, 0.3) is 11.1 Å². The van der Waals surface area contributed by atoms with Crippen molar-refractivity contribution in [3.05, 3.63) is 57.5 Å². The van der Waals surface area contributed by atoms with E-state index in [1.165, 1.54) is 18.2 Å². The minimum absolute atomic E-state index is 0.0283. The Kier molecular flexibility index (Phi) is 3.46. The first-order chi connectivity index (χ1) is 10.3. The minimum Gasteiger partial charge on any atom is -0.408 e. The van der Waals surface area contributed by atoms with Crippen molar-refractivity contribution in [2.24, 2.45) is 0 Å². The molecule has 3 rings (SSSR count). The third-order valence-electron chi connectivity index (χ3n) is 3.07. The number of hydrogen-bond donors (Lipinski definition) is 2. The van der Waals surface area contributed by atoms with Crippen molar-refractivity contribution in [1.29, 1.82) is 0 Å². The molecule has 0 radical (unpaired) electrons. The summed E-state index contributed by atoms with van der Waals surface area (Å²) < 4.78 is 32.1. The maximum atomic E-state index is 12.4. The lowest BCUT2D eigenvalue weighted by Crippen LogP contribution is -2.13. The number of aromatic nitrogens is 1. The van der Waals surface area contributed by atoms with Gasteiger partial charge in [0.25, 0.3) is 10.0 Å². The molecule has 0 saturated carbocycles. The number of benzene rings is 2. The lowest BCUT2D eigenvalue weighted by Gasteiger charge is -2.10. The lowest BCUT2D eigenvalue weighted by molar-refractivity contribution is 0.554. The second-order valence-corrected chi connectivity index (χ2v) is 6.85. The monoisotopic (exact) mass is 338 g/mol. The molecule has 0 aliphatic rings. The Morgan fingerprint density at radius 1 is 1.18 bits per heavy atom. The van der Waals surface area contributed by atoms with E-state index >= 15 is 0 Å². The molecule has 0 spiro atoms. The third kappa shape index (κ3) is 2.72. The molecule has 0 unspecified atom stereocenters. The molecule has 0 saturated heterocycles. The number of anilines is 1. The van der Waals surface area contributed by atoms with E-state index in [1.54, 1.807) is 18.2 Å². The van der Waals surface area contributed by atoms with Gasteiger partial charge < -0.3 is 4.42 Å². The Labute approximate surface area is 130 Å². The van der Waals surface area contributed by atoms with E-state index in [0.29, 0.717) is 10.5 Å². The van der Waals surface area contributed by atoms with Crippen molar-refractivity contribution in [2.75, 3.05) is 4.72 Å². The standard InChI is InChI=1S/C14H11ClN2O4S/c1-8-2-4-11(10(15)6-8)17-22(19,20)9-3-5-12-13(7-9)21-14(18)16-12/h2-7,17H,1H3,(H,16,18). The molecule has 2 N–H and O–H groups in total. The maximum Gasteiger partial charge on any atom is 0.417 e. The number of oxazole rings is 1. The van der Waals surface area contributed by atoms with Crippen LogP contribution in [-0.2, 0) is 10.0 Å². The molecule has 1 heterocycles. The van der Waals surface area contributed by atoms with Gasteiger partial charge in [0.05, 0.1) is 21.1 Å². The van der Waals surface area contributed by atoms with E-state index in [0.717, 1.165) is 5.56 Å². The fraction of sp³-hybridized carbons (Fsp3) is 0.0714. The third-order valence-corrected chi connectivity index (χ3v) is 4.75. The van der Waals surface area contributed by atoms with Gasteiger partial charge in [-0.15, -0.1) is 0 Å². The van der Waals surface area contributed by atoms with Crippen LogP contribution in [-0.4, -0.2) is 13.4 Å². The van der Waals surface area contributed by atoms with Crippen LogP contribution >= 0.6 is 11.6 Å². The molecule has 6 nitrogen and oxygen atoms in total. The second-order valence-electron chi connectivity index (χ2n) is 4.76. The number of aromatic amines is 1. The minimum atomic E-state index is -3.84. The van der Waals surface area contributed by atoms with Crippen LogP contribution in [0.4, 0.5) is 5.69 Å². The summed E-state index contributed by atoms with van der Waals surface area (Å²) in [6.07, 6.45) is 0. The molecule has 3 aromatic rings. The molecule has 0 bridgehead atoms. The van der Waals surface area contributed by atoms with Gasteiger partial charge in [0.1, 0.15) is 0 Å². The average Bonchev–Trinajstić information content (AvgIpc) is 2.81. The van der Waals surface area contributed by atoms with Gasteiger partial charge in [0.15, 0.2) is 5.58 Å². The first kappa shape index (κ1) is 14.7. The summed E-state index contributed by atoms with van der Waals surface area (Å²) >= 11 is 6.03. The van der Waals surface area contributed by atoms with E-state index in [4.69, 9.17) is 16.0 Å². The average molecular weight is 339 g/mol. The van der Waals surface area contributed by atoms with E-state index in [9.17, 15) is 13.2 Å². The van der Waals surface area contributed by atoms with Crippen LogP contribution < -0.4 is 10.5 Å². The molecule has 0 aliphatic heterocycles. The number of sulfonamides is 1. The van der Waals surface area contributed by atoms with Crippen LogP contribution in [0.15, 0.2) is 50.5 Å². The van der Waals surface area contributed by atoms with Gasteiger partial charge in [-0.1, -0.05) is 17.7 Å². The Morgan fingerprint density at radius 3 is 2.68 bits per heavy atom. The van der Waals surface area contributed by atoms with Crippen molar-refractivity contribution >= 4 is 38.4 Å². The molecule has 2 aromatic carbocycles. The van der Waals surface area contributed by atoms with Crippen LogP contribution in [0, 0.1) is 6.92 Å². The van der Waals surface area contributed by atoms with Gasteiger partial charge in [-0.05, 0) is 36.8 Å². The number of H-pyrrole nitrogens is 1. The molecule has 22 heavy (non-hydrogen) atoms. The van der Waals surface area contributed by atoms with Gasteiger partial charge in [0, 0.05) is 6.07 Å². The summed E-state index contributed by atoms with van der Waals surface area (Å²) in [5.41, 5.74) is 1.80. The summed E-state index contributed by atoms with van der Waals surface area (Å²) in [6.45, 7) is 1.85. The number of nitrogens with one attached hydrogen (secondary N) is 2. The summed E-state index contributed by atoms with van der Waals surface area (Å²) in [5.74, 6) is -0.640. The topological polar surface area (TPSA) is 92.2 Å². The van der Waals surface area contributed by atoms with Crippen LogP contribution in [0.3, 0.4) is 0 Å². The van der Waals surface area contributed by atoms with E-state index < -0.39 is 15.8 Å². The van der Waals surface area contributed by atoms with Crippen LogP contribution in [0.2, 0.25) is 5.02 Å². The van der Waals surface area contributed by atoms with Crippen LogP contribution in [0.1, 0.15) is 5.56 Å². The second kappa shape index (κ2) is 5.19. The van der Waals surface area contributed by atoms with Crippen molar-refractivity contribution in [2.45, 2.75) is 11.8 Å². The first-order valence-electron chi connectivity index (χ1n) is 6.27. The van der Waals surface area contributed by atoms with Crippen molar-refractivity contribution in [3.63, 3.8) is 0 Å². The van der Waals surface area contributed by atoms with Gasteiger partial charge in [0.2, 0.25) is 0 Å². The quantitative estimate of drug-likeness (QED) is 0.768. The number of hydrogen-bond acceptors (Lipinski definition) is 4. The fourth-order valence-corrected chi connectivity index (χ4v) is 3.43. The summed E-state index contributed by atoms with van der Waals surface area (Å²) in [4.78, 5) is 13.5. The van der Waals surface area contributed by atoms with Gasteiger partial charge in [-0.3, -0.25) is 9.71 Å². The zero-order valence-corrected chi connectivity index (χ0v) is 13.0. The number of rotatable bonds is 3. The molecule has 114 valence electrons. The molecule has 0 aliphatic carbocycles. The zero-order chi connectivity index (χ0) is 15.9. The Morgan fingerprint density at radius 2 is 1.95 bits per heavy atom. The predicted molar refractivity (Wildman–Crippen MR) is 83.8 cm³/mol. The largest absolute Gasteiger partial charge is 0.417 e. The Balaban J connectivity index is 2.01. The highest BCUT2D eigenvalue weighted by atomic mass is 35.5. The van der Waals surface area contributed by atoms with Gasteiger partial charge in [-0.25, -0.2) is 13.2 Å². The molecule has 0 atom stereocenters. The molecule has 0 fully saturated rings. The van der Waals surface area contributed by atoms with Gasteiger partial charge in [-0.2, -0.15) is 0 Å². The number of aryl methyl sites for hydroxylation is 1. The Hall–Kier alpha value is -2.25. The van der Waals surface area contributed by atoms with Crippen LogP contribution in [0.5, 0.6) is 0 Å². The molecular formula is C14H11ClN2O4S. The highest BCUT2D eigenvalue weighted by Crippen LogP contribution is 2.26. The SMILES string of the molecule is Cc1ccc(NS(=O)(=O)c2ccc3[nH]c(=O)oc3c2)c(Cl)c1.